The maximum atomic E-state index is 2.45. The summed E-state index contributed by atoms with van der Waals surface area (Å²) < 4.78 is 0. The predicted molar refractivity (Wildman–Crippen MR) is 143 cm³/mol. The van der Waals surface area contributed by atoms with Gasteiger partial charge in [-0.2, -0.15) is 0 Å². The maximum Gasteiger partial charge on any atom is -0.00589 e. The molecule has 1 aliphatic rings. The molecule has 32 heavy (non-hydrogen) atoms. The summed E-state index contributed by atoms with van der Waals surface area (Å²) in [6.07, 6.45) is 5.88. The van der Waals surface area contributed by atoms with Gasteiger partial charge in [0.1, 0.15) is 0 Å². The number of hydrogen-bond acceptors (Lipinski definition) is 0. The van der Waals surface area contributed by atoms with Crippen molar-refractivity contribution in [2.24, 2.45) is 5.41 Å². The van der Waals surface area contributed by atoms with Crippen LogP contribution in [-0.2, 0) is 0 Å². The molecule has 158 valence electrons. The van der Waals surface area contributed by atoms with Gasteiger partial charge < -0.3 is 0 Å². The van der Waals surface area contributed by atoms with E-state index in [9.17, 15) is 0 Å². The lowest BCUT2D eigenvalue weighted by Gasteiger charge is -2.24. The maximum absolute atomic E-state index is 2.45. The Kier molecular flexibility index (Phi) is 5.58. The molecule has 1 heteroatoms. The number of fused-ring (bicyclic) bond motifs is 1. The summed E-state index contributed by atoms with van der Waals surface area (Å²) >= 11 is 0. The topological polar surface area (TPSA) is 0 Å². The lowest BCUT2D eigenvalue weighted by atomic mass is 9.87. The molecular weight excluding hydrogens is 403 g/mol. The van der Waals surface area contributed by atoms with E-state index in [2.05, 4.69) is 130 Å². The zero-order valence-corrected chi connectivity index (χ0v) is 19.9. The van der Waals surface area contributed by atoms with Crippen LogP contribution in [0.1, 0.15) is 32.8 Å². The highest BCUT2D eigenvalue weighted by Gasteiger charge is 2.26. The van der Waals surface area contributed by atoms with E-state index in [4.69, 9.17) is 0 Å². The fourth-order valence-electron chi connectivity index (χ4n) is 4.59. The lowest BCUT2D eigenvalue weighted by Crippen LogP contribution is -2.23. The smallest absolute Gasteiger partial charge is 0.00589 e. The second kappa shape index (κ2) is 8.53. The fraction of sp³-hybridized carbons (Fsp3) is 0.161. The number of benzene rings is 4. The van der Waals surface area contributed by atoms with E-state index in [1.54, 1.807) is 0 Å². The minimum Gasteiger partial charge on any atom is -0.0763 e. The Balaban J connectivity index is 1.78. The van der Waals surface area contributed by atoms with Crippen LogP contribution in [0.4, 0.5) is 0 Å². The monoisotopic (exact) mass is 432 g/mol. The summed E-state index contributed by atoms with van der Waals surface area (Å²) in [6.45, 7) is 6.93. The molecule has 0 saturated heterocycles. The predicted octanol–water partition coefficient (Wildman–Crippen LogP) is 7.36. The third-order valence-corrected chi connectivity index (χ3v) is 8.72. The highest BCUT2D eigenvalue weighted by molar-refractivity contribution is 7.80. The third-order valence-electron chi connectivity index (χ3n) is 6.24. The average Bonchev–Trinajstić information content (AvgIpc) is 3.31. The first-order valence-corrected chi connectivity index (χ1v) is 12.7. The highest BCUT2D eigenvalue weighted by Crippen LogP contribution is 2.42. The van der Waals surface area contributed by atoms with Crippen molar-refractivity contribution in [1.29, 1.82) is 0 Å². The van der Waals surface area contributed by atoms with E-state index in [0.717, 1.165) is 6.42 Å². The van der Waals surface area contributed by atoms with Crippen LogP contribution in [0, 0.1) is 5.41 Å². The molecule has 1 aliphatic carbocycles. The van der Waals surface area contributed by atoms with Gasteiger partial charge in [-0.15, -0.1) is 0 Å². The van der Waals surface area contributed by atoms with Gasteiger partial charge in [-0.25, -0.2) is 0 Å². The van der Waals surface area contributed by atoms with E-state index in [0.29, 0.717) is 0 Å². The molecule has 0 fully saturated rings. The second-order valence-electron chi connectivity index (χ2n) is 9.47. The molecule has 5 rings (SSSR count). The van der Waals surface area contributed by atoms with Crippen molar-refractivity contribution in [3.63, 3.8) is 0 Å². The standard InChI is InChI=1S/C31H29P/c1-31(2,3)25-20-18-24(22-25)30-28-17-11-10-12-23(28)19-21-29(30)32(26-13-6-4-7-14-26)27-15-8-5-9-16-27/h4-17,19-22H,18H2,1-3H3. The van der Waals surface area contributed by atoms with Crippen molar-refractivity contribution in [3.05, 3.63) is 120 Å². The average molecular weight is 433 g/mol. The molecule has 0 bridgehead atoms. The number of rotatable bonds is 4. The van der Waals surface area contributed by atoms with Crippen molar-refractivity contribution in [2.75, 3.05) is 0 Å². The first kappa shape index (κ1) is 20.9. The molecule has 0 aliphatic heterocycles. The van der Waals surface area contributed by atoms with E-state index in [-0.39, 0.29) is 5.41 Å². The summed E-state index contributed by atoms with van der Waals surface area (Å²) in [4.78, 5) is 0. The van der Waals surface area contributed by atoms with Gasteiger partial charge in [-0.3, -0.25) is 0 Å². The summed E-state index contributed by atoms with van der Waals surface area (Å²) in [6, 6.07) is 35.6. The quantitative estimate of drug-likeness (QED) is 0.296. The molecule has 0 heterocycles. The van der Waals surface area contributed by atoms with Crippen molar-refractivity contribution >= 4 is 40.2 Å². The Morgan fingerprint density at radius 2 is 1.25 bits per heavy atom. The van der Waals surface area contributed by atoms with Gasteiger partial charge in [0.15, 0.2) is 0 Å². The van der Waals surface area contributed by atoms with E-state index < -0.39 is 7.92 Å². The molecule has 4 aromatic carbocycles. The summed E-state index contributed by atoms with van der Waals surface area (Å²) in [5.74, 6) is 0. The van der Waals surface area contributed by atoms with E-state index in [1.807, 2.05) is 0 Å². The first-order valence-electron chi connectivity index (χ1n) is 11.4. The number of hydrogen-bond donors (Lipinski definition) is 0. The fourth-order valence-corrected chi connectivity index (χ4v) is 7.09. The van der Waals surface area contributed by atoms with Crippen LogP contribution < -0.4 is 15.9 Å². The SMILES string of the molecule is CC(C)(C)C1=CCC(c2c(P(c3ccccc3)c3ccccc3)ccc3ccccc23)=C1. The molecule has 0 unspecified atom stereocenters. The van der Waals surface area contributed by atoms with Crippen molar-refractivity contribution in [1.82, 2.24) is 0 Å². The first-order chi connectivity index (χ1) is 15.5. The van der Waals surface area contributed by atoms with Crippen LogP contribution >= 0.6 is 7.92 Å². The number of allylic oxidation sites excluding steroid dienone is 4. The normalized spacial score (nSPS) is 14.0. The lowest BCUT2D eigenvalue weighted by molar-refractivity contribution is 0.518. The minimum absolute atomic E-state index is 0.163. The van der Waals surface area contributed by atoms with Gasteiger partial charge in [-0.05, 0) is 63.2 Å². The Morgan fingerprint density at radius 3 is 1.84 bits per heavy atom. The summed E-state index contributed by atoms with van der Waals surface area (Å²) in [5, 5.41) is 6.91. The molecule has 0 radical (unpaired) electrons. The molecule has 0 nitrogen and oxygen atoms in total. The Bertz CT molecular complexity index is 1270. The Labute approximate surface area is 193 Å². The van der Waals surface area contributed by atoms with Crippen molar-refractivity contribution in [2.45, 2.75) is 27.2 Å². The van der Waals surface area contributed by atoms with Crippen molar-refractivity contribution < 1.29 is 0 Å². The third kappa shape index (κ3) is 3.96. The molecule has 4 aromatic rings. The van der Waals surface area contributed by atoms with Crippen LogP contribution in [-0.4, -0.2) is 0 Å². The van der Waals surface area contributed by atoms with Crippen LogP contribution in [0.25, 0.3) is 16.3 Å². The van der Waals surface area contributed by atoms with Crippen LogP contribution in [0.15, 0.2) is 115 Å². The highest BCUT2D eigenvalue weighted by atomic mass is 31.1. The van der Waals surface area contributed by atoms with Gasteiger partial charge in [0.2, 0.25) is 0 Å². The van der Waals surface area contributed by atoms with Crippen LogP contribution in [0.5, 0.6) is 0 Å². The van der Waals surface area contributed by atoms with Gasteiger partial charge in [0.05, 0.1) is 0 Å². The Morgan fingerprint density at radius 1 is 0.656 bits per heavy atom. The summed E-state index contributed by atoms with van der Waals surface area (Å²) in [5.41, 5.74) is 4.48. The largest absolute Gasteiger partial charge is 0.0763 e. The van der Waals surface area contributed by atoms with Gasteiger partial charge in [0, 0.05) is 0 Å². The van der Waals surface area contributed by atoms with Crippen LogP contribution in [0.3, 0.4) is 0 Å². The molecule has 0 N–H and O–H groups in total. The van der Waals surface area contributed by atoms with E-state index in [1.165, 1.54) is 43.4 Å². The van der Waals surface area contributed by atoms with E-state index >= 15 is 0 Å². The van der Waals surface area contributed by atoms with Gasteiger partial charge in [-0.1, -0.05) is 130 Å². The zero-order chi connectivity index (χ0) is 22.1. The minimum atomic E-state index is -0.662. The molecule has 0 spiro atoms. The second-order valence-corrected chi connectivity index (χ2v) is 11.7. The van der Waals surface area contributed by atoms with Gasteiger partial charge in [0.25, 0.3) is 0 Å². The molecule has 0 aromatic heterocycles. The van der Waals surface area contributed by atoms with Crippen LogP contribution in [0.2, 0.25) is 0 Å². The zero-order valence-electron chi connectivity index (χ0n) is 19.0. The molecular formula is C31H29P. The summed E-state index contributed by atoms with van der Waals surface area (Å²) in [7, 11) is -0.662. The Hall–Kier alpha value is -2.95. The molecule has 0 atom stereocenters. The molecule has 0 amide bonds. The van der Waals surface area contributed by atoms with Gasteiger partial charge >= 0.3 is 0 Å². The molecule has 0 saturated carbocycles. The van der Waals surface area contributed by atoms with Crippen molar-refractivity contribution in [3.8, 4) is 0 Å².